The number of rotatable bonds is 13. The molecule has 0 bridgehead atoms. The highest BCUT2D eigenvalue weighted by atomic mass is 16.5. The number of hydrogen-bond donors (Lipinski definition) is 0. The van der Waals surface area contributed by atoms with Gasteiger partial charge in [-0.25, -0.2) is 0 Å². The summed E-state index contributed by atoms with van der Waals surface area (Å²) in [7, 11) is 0. The Bertz CT molecular complexity index is 5710. The van der Waals surface area contributed by atoms with Gasteiger partial charge in [0.25, 0.3) is 13.4 Å². The molecule has 0 unspecified atom stereocenters. The van der Waals surface area contributed by atoms with Crippen LogP contribution in [0.4, 0.5) is 85.3 Å². The van der Waals surface area contributed by atoms with E-state index in [2.05, 4.69) is 419 Å². The Morgan fingerprint density at radius 2 is 0.481 bits per heavy atom. The number of ether oxygens (including phenoxy) is 1. The van der Waals surface area contributed by atoms with E-state index in [4.69, 9.17) is 4.74 Å². The van der Waals surface area contributed by atoms with Gasteiger partial charge in [-0.05, 0) is 193 Å². The predicted molar refractivity (Wildman–Crippen MR) is 437 cm³/mol. The smallest absolute Gasteiger partial charge is 0.256 e. The lowest BCUT2D eigenvalue weighted by atomic mass is 9.30. The molecule has 4 aliphatic rings. The molecule has 4 aliphatic heterocycles. The highest BCUT2D eigenvalue weighted by Gasteiger charge is 2.48. The molecule has 0 aromatic heterocycles. The Morgan fingerprint density at radius 1 is 0.192 bits per heavy atom. The van der Waals surface area contributed by atoms with Gasteiger partial charge in [0, 0.05) is 86.1 Å². The van der Waals surface area contributed by atoms with Gasteiger partial charge in [-0.2, -0.15) is 0 Å². The first-order chi connectivity index (χ1) is 51.6. The van der Waals surface area contributed by atoms with Gasteiger partial charge in [-0.15, -0.1) is 0 Å². The minimum atomic E-state index is -0.216. The minimum absolute atomic E-state index is 0.202. The molecular weight excluding hydrogens is 1260 g/mol. The Hall–Kier alpha value is -13.6. The second-order valence-electron chi connectivity index (χ2n) is 27.1. The lowest BCUT2D eigenvalue weighted by molar-refractivity contribution is 0.488. The van der Waals surface area contributed by atoms with Crippen LogP contribution >= 0.6 is 0 Å². The van der Waals surface area contributed by atoms with Gasteiger partial charge in [0.1, 0.15) is 11.5 Å². The molecule has 16 aromatic carbocycles. The van der Waals surface area contributed by atoms with Crippen molar-refractivity contribution in [1.29, 1.82) is 0 Å². The normalized spacial score (nSPS) is 12.6. The Labute approximate surface area is 607 Å². The Morgan fingerprint density at radius 3 is 0.846 bits per heavy atom. The van der Waals surface area contributed by atoms with Crippen LogP contribution in [0.25, 0.3) is 44.5 Å². The first kappa shape index (κ1) is 60.4. The molecule has 0 amide bonds. The van der Waals surface area contributed by atoms with Gasteiger partial charge in [-0.1, -0.05) is 267 Å². The lowest BCUT2D eigenvalue weighted by Gasteiger charge is -2.46. The highest BCUT2D eigenvalue weighted by molar-refractivity contribution is 7.02. The summed E-state index contributed by atoms with van der Waals surface area (Å²) in [6.45, 7) is -0.418. The Balaban J connectivity index is 0.819. The zero-order valence-electron chi connectivity index (χ0n) is 56.8. The van der Waals surface area contributed by atoms with Gasteiger partial charge in [-0.3, -0.25) is 0 Å². The molecule has 104 heavy (non-hydrogen) atoms. The van der Waals surface area contributed by atoms with Gasteiger partial charge < -0.3 is 29.2 Å². The molecule has 4 heterocycles. The van der Waals surface area contributed by atoms with E-state index in [0.29, 0.717) is 0 Å². The maximum atomic E-state index is 7.89. The van der Waals surface area contributed by atoms with Crippen molar-refractivity contribution in [2.24, 2.45) is 0 Å². The van der Waals surface area contributed by atoms with Crippen LogP contribution in [0.15, 0.2) is 394 Å². The fourth-order valence-corrected chi connectivity index (χ4v) is 16.6. The fourth-order valence-electron chi connectivity index (χ4n) is 16.6. The highest BCUT2D eigenvalue weighted by Crippen LogP contribution is 2.52. The van der Waals surface area contributed by atoms with E-state index in [1.807, 2.05) is 0 Å². The van der Waals surface area contributed by atoms with E-state index in [1.165, 1.54) is 44.1 Å². The first-order valence-corrected chi connectivity index (χ1v) is 35.8. The van der Waals surface area contributed by atoms with Crippen LogP contribution in [-0.2, 0) is 0 Å². The van der Waals surface area contributed by atoms with Crippen molar-refractivity contribution in [2.45, 2.75) is 0 Å². The molecule has 6 nitrogen and oxygen atoms in total. The van der Waals surface area contributed by atoms with E-state index >= 15 is 0 Å². The SMILES string of the molecule is c1ccc(-c2ccc(N(c3ccc(-c4ccccc4)cc3)c3cc4c5c(c3)N(c3ccccc3)c3ccccc3B5c3cc5c(cc3O4)N(c3ccccc3)c3cc(N(c4ccc(-c6ccccc6)cc4)c4ccc(-c6ccccc6)cc4)cc4c3B5c3ccccc3N4c3ccccc3)cc2)cc1. The molecule has 0 aliphatic carbocycles. The van der Waals surface area contributed by atoms with Gasteiger partial charge in [0.2, 0.25) is 0 Å². The van der Waals surface area contributed by atoms with E-state index in [1.54, 1.807) is 0 Å². The number of hydrogen-bond acceptors (Lipinski definition) is 6. The van der Waals surface area contributed by atoms with Gasteiger partial charge in [0.15, 0.2) is 0 Å². The summed E-state index contributed by atoms with van der Waals surface area (Å²) < 4.78 is 7.89. The summed E-state index contributed by atoms with van der Waals surface area (Å²) in [5, 5.41) is 0. The lowest BCUT2D eigenvalue weighted by Crippen LogP contribution is -2.64. The maximum Gasteiger partial charge on any atom is 0.256 e. The number of fused-ring (bicyclic) bond motifs is 8. The van der Waals surface area contributed by atoms with Crippen LogP contribution < -0.4 is 62.0 Å². The molecule has 0 fully saturated rings. The largest absolute Gasteiger partial charge is 0.458 e. The van der Waals surface area contributed by atoms with Crippen molar-refractivity contribution < 1.29 is 4.74 Å². The van der Waals surface area contributed by atoms with E-state index in [0.717, 1.165) is 130 Å². The maximum absolute atomic E-state index is 7.89. The second kappa shape index (κ2) is 25.3. The van der Waals surface area contributed by atoms with E-state index in [-0.39, 0.29) is 13.4 Å². The monoisotopic (exact) mass is 1330 g/mol. The quantitative estimate of drug-likeness (QED) is 0.107. The molecule has 8 heteroatoms. The van der Waals surface area contributed by atoms with Crippen LogP contribution in [0.5, 0.6) is 11.5 Å². The molecule has 486 valence electrons. The van der Waals surface area contributed by atoms with E-state index < -0.39 is 0 Å². The van der Waals surface area contributed by atoms with E-state index in [9.17, 15) is 0 Å². The third-order valence-electron chi connectivity index (χ3n) is 21.2. The first-order valence-electron chi connectivity index (χ1n) is 35.8. The second-order valence-corrected chi connectivity index (χ2v) is 27.1. The average molecular weight is 1330 g/mol. The van der Waals surface area contributed by atoms with Crippen LogP contribution in [0.2, 0.25) is 0 Å². The number of benzene rings is 16. The van der Waals surface area contributed by atoms with Crippen LogP contribution in [0.3, 0.4) is 0 Å². The van der Waals surface area contributed by atoms with Crippen LogP contribution in [0.1, 0.15) is 0 Å². The fraction of sp³-hybridized carbons (Fsp3) is 0. The topological polar surface area (TPSA) is 25.4 Å². The summed E-state index contributed by atoms with van der Waals surface area (Å²) in [6.07, 6.45) is 0. The minimum Gasteiger partial charge on any atom is -0.458 e. The summed E-state index contributed by atoms with van der Waals surface area (Å²) >= 11 is 0. The van der Waals surface area contributed by atoms with Crippen molar-refractivity contribution >= 4 is 132 Å². The van der Waals surface area contributed by atoms with Crippen molar-refractivity contribution in [3.8, 4) is 56.0 Å². The zero-order chi connectivity index (χ0) is 68.6. The van der Waals surface area contributed by atoms with Crippen molar-refractivity contribution in [2.75, 3.05) is 24.5 Å². The molecule has 0 atom stereocenters. The predicted octanol–water partition coefficient (Wildman–Crippen LogP) is 21.8. The standard InChI is InChI=1S/C96H65B2N5O/c1-8-26-66(27-9-1)70-44-52-77(53-45-70)99(78-54-46-71(47-55-78)67-28-10-2-11-29-67)81-60-90-95-91(61-81)103(76-38-20-7-21-39-76)89-65-93-86(64-85(89)97(95)83-40-22-24-42-87(83)101(90)74-34-16-5-17-35-74)98-84-41-23-25-43-88(84)102(75-36-18-6-19-37-75)92-62-82(63-94(104-93)96(92)98)100(79-56-48-72(49-57-79)68-30-12-3-13-31-68)80-58-50-73(51-59-80)69-32-14-4-15-33-69/h1-65H. The Kier molecular flexibility index (Phi) is 14.7. The average Bonchev–Trinajstić information content (AvgIpc) is 0.691. The van der Waals surface area contributed by atoms with Gasteiger partial charge in [0.05, 0.1) is 11.4 Å². The van der Waals surface area contributed by atoms with Crippen LogP contribution in [0, 0.1) is 0 Å². The molecular formula is C96H65B2N5O. The molecule has 20 rings (SSSR count). The van der Waals surface area contributed by atoms with Crippen molar-refractivity contribution in [3.63, 3.8) is 0 Å². The molecule has 0 spiro atoms. The molecule has 0 saturated carbocycles. The number of nitrogens with zero attached hydrogens (tertiary/aromatic N) is 5. The molecule has 0 radical (unpaired) electrons. The molecule has 16 aromatic rings. The van der Waals surface area contributed by atoms with Crippen molar-refractivity contribution in [3.05, 3.63) is 394 Å². The van der Waals surface area contributed by atoms with Crippen LogP contribution in [-0.4, -0.2) is 13.4 Å². The summed E-state index contributed by atoms with van der Waals surface area (Å²) in [6, 6.07) is 144. The molecule has 0 saturated heterocycles. The molecule has 0 N–H and O–H groups in total. The number of para-hydroxylation sites is 5. The third kappa shape index (κ3) is 10.3. The summed E-state index contributed by atoms with van der Waals surface area (Å²) in [5.74, 6) is 1.62. The zero-order valence-corrected chi connectivity index (χ0v) is 56.8. The number of anilines is 15. The van der Waals surface area contributed by atoms with Gasteiger partial charge >= 0.3 is 0 Å². The summed E-state index contributed by atoms with van der Waals surface area (Å²) in [4.78, 5) is 12.3. The van der Waals surface area contributed by atoms with Crippen molar-refractivity contribution in [1.82, 2.24) is 0 Å². The third-order valence-corrected chi connectivity index (χ3v) is 21.2. The summed E-state index contributed by atoms with van der Waals surface area (Å²) in [5.41, 5.74) is 32.2.